The lowest BCUT2D eigenvalue weighted by molar-refractivity contribution is 0.248. The van der Waals surface area contributed by atoms with Crippen LogP contribution in [0.3, 0.4) is 0 Å². The standard InChI is InChI=1S/C15H25N3O2/c1-2-4-12(7-8-19)10-17-11-13-5-3-6-14(9-13)15(16)18-20/h3,5-6,9,12,17,19-20H,2,4,7-8,10-11H2,1H3,(H2,16,18). The van der Waals surface area contributed by atoms with Gasteiger partial charge in [0.05, 0.1) is 0 Å². The number of amidine groups is 1. The normalized spacial score (nSPS) is 13.4. The molecular formula is C15H25N3O2. The Hall–Kier alpha value is -1.59. The number of aliphatic hydroxyl groups excluding tert-OH is 1. The second-order valence-electron chi connectivity index (χ2n) is 4.98. The Morgan fingerprint density at radius 2 is 2.20 bits per heavy atom. The van der Waals surface area contributed by atoms with Gasteiger partial charge >= 0.3 is 0 Å². The molecule has 0 bridgehead atoms. The molecule has 0 fully saturated rings. The molecule has 0 aromatic heterocycles. The molecule has 0 aliphatic rings. The van der Waals surface area contributed by atoms with Gasteiger partial charge in [0, 0.05) is 18.7 Å². The molecule has 1 unspecified atom stereocenters. The van der Waals surface area contributed by atoms with E-state index in [1.54, 1.807) is 0 Å². The van der Waals surface area contributed by atoms with Crippen molar-refractivity contribution in [1.29, 1.82) is 0 Å². The predicted molar refractivity (Wildman–Crippen MR) is 80.8 cm³/mol. The average Bonchev–Trinajstić information content (AvgIpc) is 2.47. The fourth-order valence-electron chi connectivity index (χ4n) is 2.26. The Kier molecular flexibility index (Phi) is 7.69. The Balaban J connectivity index is 2.48. The summed E-state index contributed by atoms with van der Waals surface area (Å²) in [5.41, 5.74) is 7.38. The van der Waals surface area contributed by atoms with Crippen LogP contribution in [0.25, 0.3) is 0 Å². The van der Waals surface area contributed by atoms with Crippen molar-refractivity contribution in [2.45, 2.75) is 32.7 Å². The molecule has 0 spiro atoms. The molecule has 1 rings (SSSR count). The summed E-state index contributed by atoms with van der Waals surface area (Å²) >= 11 is 0. The highest BCUT2D eigenvalue weighted by Crippen LogP contribution is 2.10. The van der Waals surface area contributed by atoms with Crippen molar-refractivity contribution in [2.75, 3.05) is 13.2 Å². The lowest BCUT2D eigenvalue weighted by Crippen LogP contribution is -2.23. The summed E-state index contributed by atoms with van der Waals surface area (Å²) in [6.07, 6.45) is 3.09. The van der Waals surface area contributed by atoms with E-state index in [4.69, 9.17) is 16.0 Å². The van der Waals surface area contributed by atoms with Crippen LogP contribution in [0.5, 0.6) is 0 Å². The van der Waals surface area contributed by atoms with Gasteiger partial charge in [-0.1, -0.05) is 36.7 Å². The van der Waals surface area contributed by atoms with Crippen molar-refractivity contribution < 1.29 is 10.3 Å². The minimum atomic E-state index is 0.121. The molecule has 1 aromatic carbocycles. The van der Waals surface area contributed by atoms with Crippen LogP contribution in [0.15, 0.2) is 29.4 Å². The van der Waals surface area contributed by atoms with Gasteiger partial charge in [-0.2, -0.15) is 0 Å². The van der Waals surface area contributed by atoms with Crippen LogP contribution in [-0.4, -0.2) is 29.3 Å². The molecule has 0 saturated carbocycles. The fourth-order valence-corrected chi connectivity index (χ4v) is 2.26. The third-order valence-electron chi connectivity index (χ3n) is 3.33. The molecule has 20 heavy (non-hydrogen) atoms. The van der Waals surface area contributed by atoms with Crippen molar-refractivity contribution in [3.63, 3.8) is 0 Å². The first kappa shape index (κ1) is 16.5. The number of nitrogens with two attached hydrogens (primary N) is 1. The van der Waals surface area contributed by atoms with Crippen LogP contribution in [0.4, 0.5) is 0 Å². The van der Waals surface area contributed by atoms with Crippen LogP contribution in [0.2, 0.25) is 0 Å². The number of nitrogens with zero attached hydrogens (tertiary/aromatic N) is 1. The zero-order valence-electron chi connectivity index (χ0n) is 12.0. The first-order valence-corrected chi connectivity index (χ1v) is 7.09. The number of hydrogen-bond donors (Lipinski definition) is 4. The molecule has 0 aliphatic heterocycles. The SMILES string of the molecule is CCCC(CCO)CNCc1cccc(/C(N)=N/O)c1. The Morgan fingerprint density at radius 1 is 1.40 bits per heavy atom. The van der Waals surface area contributed by atoms with Gasteiger partial charge < -0.3 is 21.4 Å². The van der Waals surface area contributed by atoms with Gasteiger partial charge in [0.15, 0.2) is 5.84 Å². The lowest BCUT2D eigenvalue weighted by Gasteiger charge is -2.15. The predicted octanol–water partition coefficient (Wildman–Crippen LogP) is 1.67. The zero-order chi connectivity index (χ0) is 14.8. The van der Waals surface area contributed by atoms with E-state index in [9.17, 15) is 0 Å². The van der Waals surface area contributed by atoms with E-state index in [2.05, 4.69) is 17.4 Å². The highest BCUT2D eigenvalue weighted by Gasteiger charge is 2.07. The molecule has 0 aliphatic carbocycles. The second-order valence-corrected chi connectivity index (χ2v) is 4.98. The Morgan fingerprint density at radius 3 is 2.85 bits per heavy atom. The summed E-state index contributed by atoms with van der Waals surface area (Å²) in [7, 11) is 0. The van der Waals surface area contributed by atoms with Gasteiger partial charge in [0.2, 0.25) is 0 Å². The van der Waals surface area contributed by atoms with Crippen LogP contribution in [0, 0.1) is 5.92 Å². The van der Waals surface area contributed by atoms with Crippen molar-refractivity contribution >= 4 is 5.84 Å². The van der Waals surface area contributed by atoms with Crippen LogP contribution >= 0.6 is 0 Å². The van der Waals surface area contributed by atoms with Gasteiger partial charge in [-0.05, 0) is 36.9 Å². The van der Waals surface area contributed by atoms with Crippen LogP contribution < -0.4 is 11.1 Å². The monoisotopic (exact) mass is 279 g/mol. The van der Waals surface area contributed by atoms with Gasteiger partial charge in [0.1, 0.15) is 0 Å². The van der Waals surface area contributed by atoms with Crippen LogP contribution in [-0.2, 0) is 6.54 Å². The molecular weight excluding hydrogens is 254 g/mol. The van der Waals surface area contributed by atoms with Gasteiger partial charge in [-0.3, -0.25) is 0 Å². The summed E-state index contributed by atoms with van der Waals surface area (Å²) in [6.45, 7) is 4.02. The molecule has 1 atom stereocenters. The minimum Gasteiger partial charge on any atom is -0.409 e. The smallest absolute Gasteiger partial charge is 0.170 e. The molecule has 0 radical (unpaired) electrons. The van der Waals surface area contributed by atoms with E-state index in [1.807, 2.05) is 24.3 Å². The summed E-state index contributed by atoms with van der Waals surface area (Å²) < 4.78 is 0. The quantitative estimate of drug-likeness (QED) is 0.239. The van der Waals surface area contributed by atoms with Crippen molar-refractivity contribution in [1.82, 2.24) is 5.32 Å². The number of oxime groups is 1. The molecule has 0 heterocycles. The maximum atomic E-state index is 9.03. The fraction of sp³-hybridized carbons (Fsp3) is 0.533. The molecule has 112 valence electrons. The number of nitrogens with one attached hydrogen (secondary N) is 1. The van der Waals surface area contributed by atoms with E-state index in [-0.39, 0.29) is 12.4 Å². The molecule has 0 saturated heterocycles. The third-order valence-corrected chi connectivity index (χ3v) is 3.33. The van der Waals surface area contributed by atoms with Gasteiger partial charge in [-0.15, -0.1) is 0 Å². The van der Waals surface area contributed by atoms with E-state index < -0.39 is 0 Å². The number of rotatable bonds is 9. The maximum absolute atomic E-state index is 9.03. The Bertz CT molecular complexity index is 415. The van der Waals surface area contributed by atoms with E-state index >= 15 is 0 Å². The molecule has 5 nitrogen and oxygen atoms in total. The molecule has 5 N–H and O–H groups in total. The third kappa shape index (κ3) is 5.59. The largest absolute Gasteiger partial charge is 0.409 e. The summed E-state index contributed by atoms with van der Waals surface area (Å²) in [5, 5.41) is 24.1. The lowest BCUT2D eigenvalue weighted by atomic mass is 10.00. The zero-order valence-corrected chi connectivity index (χ0v) is 12.0. The Labute approximate surface area is 120 Å². The number of aliphatic hydroxyl groups is 1. The number of hydrogen-bond acceptors (Lipinski definition) is 4. The first-order valence-electron chi connectivity index (χ1n) is 7.09. The van der Waals surface area contributed by atoms with E-state index in [1.165, 1.54) is 0 Å². The highest BCUT2D eigenvalue weighted by atomic mass is 16.4. The van der Waals surface area contributed by atoms with E-state index in [0.29, 0.717) is 11.5 Å². The minimum absolute atomic E-state index is 0.121. The van der Waals surface area contributed by atoms with Gasteiger partial charge in [-0.25, -0.2) is 0 Å². The van der Waals surface area contributed by atoms with Crippen molar-refractivity contribution in [3.8, 4) is 0 Å². The van der Waals surface area contributed by atoms with E-state index in [0.717, 1.165) is 37.9 Å². The topological polar surface area (TPSA) is 90.9 Å². The van der Waals surface area contributed by atoms with Crippen LogP contribution in [0.1, 0.15) is 37.3 Å². The molecule has 0 amide bonds. The maximum Gasteiger partial charge on any atom is 0.170 e. The highest BCUT2D eigenvalue weighted by molar-refractivity contribution is 5.97. The average molecular weight is 279 g/mol. The van der Waals surface area contributed by atoms with Gasteiger partial charge in [0.25, 0.3) is 0 Å². The molecule has 5 heteroatoms. The number of benzene rings is 1. The summed E-state index contributed by atoms with van der Waals surface area (Å²) in [6, 6.07) is 7.61. The van der Waals surface area contributed by atoms with Crippen molar-refractivity contribution in [2.24, 2.45) is 16.8 Å². The summed E-state index contributed by atoms with van der Waals surface area (Å²) in [4.78, 5) is 0. The summed E-state index contributed by atoms with van der Waals surface area (Å²) in [5.74, 6) is 0.633. The second kappa shape index (κ2) is 9.34. The van der Waals surface area contributed by atoms with Crippen molar-refractivity contribution in [3.05, 3.63) is 35.4 Å². The first-order chi connectivity index (χ1) is 9.71. The molecule has 1 aromatic rings.